The third-order valence-electron chi connectivity index (χ3n) is 1.76. The van der Waals surface area contributed by atoms with Gasteiger partial charge in [-0.25, -0.2) is 0 Å². The van der Waals surface area contributed by atoms with E-state index in [-0.39, 0.29) is 6.61 Å². The third-order valence-corrected chi connectivity index (χ3v) is 1.76. The van der Waals surface area contributed by atoms with E-state index in [1.165, 1.54) is 0 Å². The van der Waals surface area contributed by atoms with Gasteiger partial charge in [-0.1, -0.05) is 0 Å². The average Bonchev–Trinajstić information content (AvgIpc) is 2.63. The summed E-state index contributed by atoms with van der Waals surface area (Å²) in [5.74, 6) is 0. The highest BCUT2D eigenvalue weighted by molar-refractivity contribution is 4.86. The van der Waals surface area contributed by atoms with Gasteiger partial charge in [-0.3, -0.25) is 4.90 Å². The molecular weight excluding hydrogens is 130 g/mol. The zero-order valence-corrected chi connectivity index (χ0v) is 6.03. The van der Waals surface area contributed by atoms with E-state index in [0.29, 0.717) is 12.6 Å². The predicted molar refractivity (Wildman–Crippen MR) is 38.2 cm³/mol. The minimum atomic E-state index is -0.653. The Kier molecular flexibility index (Phi) is 2.65. The van der Waals surface area contributed by atoms with E-state index >= 15 is 0 Å². The van der Waals surface area contributed by atoms with E-state index < -0.39 is 6.23 Å². The van der Waals surface area contributed by atoms with Crippen molar-refractivity contribution >= 4 is 0 Å². The maximum Gasteiger partial charge on any atom is 0.107 e. The Bertz CT molecular complexity index is 99.8. The summed E-state index contributed by atoms with van der Waals surface area (Å²) in [7, 11) is 0. The van der Waals surface area contributed by atoms with Crippen molar-refractivity contribution in [2.45, 2.75) is 25.1 Å². The molecule has 1 radical (unpaired) electrons. The largest absolute Gasteiger partial charge is 0.395 e. The summed E-state index contributed by atoms with van der Waals surface area (Å²) in [5.41, 5.74) is 0. The number of aliphatic hydroxyl groups excluding tert-OH is 2. The molecule has 0 aliphatic heterocycles. The van der Waals surface area contributed by atoms with Crippen molar-refractivity contribution < 1.29 is 10.2 Å². The molecule has 0 spiro atoms. The lowest BCUT2D eigenvalue weighted by atomic mass is 10.4. The van der Waals surface area contributed by atoms with Crippen molar-refractivity contribution in [2.75, 3.05) is 13.2 Å². The minimum absolute atomic E-state index is 0.100. The van der Waals surface area contributed by atoms with Gasteiger partial charge in [0.2, 0.25) is 0 Å². The minimum Gasteiger partial charge on any atom is -0.395 e. The van der Waals surface area contributed by atoms with Crippen molar-refractivity contribution in [3.8, 4) is 0 Å². The maximum absolute atomic E-state index is 9.06. The molecule has 0 heterocycles. The molecule has 0 aromatic heterocycles. The second-order valence-corrected chi connectivity index (χ2v) is 2.67. The lowest BCUT2D eigenvalue weighted by Gasteiger charge is -2.23. The molecule has 59 valence electrons. The van der Waals surface area contributed by atoms with Crippen molar-refractivity contribution in [1.82, 2.24) is 4.90 Å². The van der Waals surface area contributed by atoms with Crippen LogP contribution in [-0.4, -0.2) is 40.5 Å². The molecule has 1 aliphatic rings. The standard InChI is InChI=1S/C7H14NO2/c1-6(10)8(4-5-9)7-2-3-7/h6-7,9-10H,1-5H2. The lowest BCUT2D eigenvalue weighted by Crippen LogP contribution is -2.37. The van der Waals surface area contributed by atoms with Gasteiger partial charge in [0.1, 0.15) is 6.23 Å². The summed E-state index contributed by atoms with van der Waals surface area (Å²) < 4.78 is 0. The first-order chi connectivity index (χ1) is 4.75. The van der Waals surface area contributed by atoms with E-state index in [0.717, 1.165) is 12.8 Å². The molecule has 0 amide bonds. The Balaban J connectivity index is 2.26. The number of hydrogen-bond donors (Lipinski definition) is 2. The molecule has 0 saturated heterocycles. The Hall–Kier alpha value is -0.120. The average molecular weight is 144 g/mol. The van der Waals surface area contributed by atoms with Gasteiger partial charge in [0.15, 0.2) is 0 Å². The van der Waals surface area contributed by atoms with Gasteiger partial charge in [0, 0.05) is 12.6 Å². The molecule has 2 N–H and O–H groups in total. The Morgan fingerprint density at radius 1 is 1.60 bits per heavy atom. The predicted octanol–water partition coefficient (Wildman–Crippen LogP) is -0.404. The van der Waals surface area contributed by atoms with Crippen molar-refractivity contribution in [3.63, 3.8) is 0 Å². The van der Waals surface area contributed by atoms with E-state index in [2.05, 4.69) is 6.92 Å². The second-order valence-electron chi connectivity index (χ2n) is 2.67. The van der Waals surface area contributed by atoms with Crippen LogP contribution in [0.5, 0.6) is 0 Å². The monoisotopic (exact) mass is 144 g/mol. The highest BCUT2D eigenvalue weighted by Gasteiger charge is 2.30. The van der Waals surface area contributed by atoms with Crippen LogP contribution in [0.1, 0.15) is 12.8 Å². The van der Waals surface area contributed by atoms with Crippen LogP contribution < -0.4 is 0 Å². The highest BCUT2D eigenvalue weighted by Crippen LogP contribution is 2.27. The first kappa shape index (κ1) is 7.98. The fraction of sp³-hybridized carbons (Fsp3) is 0.857. The zero-order chi connectivity index (χ0) is 7.56. The highest BCUT2D eigenvalue weighted by atomic mass is 16.3. The van der Waals surface area contributed by atoms with Crippen LogP contribution in [0.2, 0.25) is 0 Å². The number of aliphatic hydroxyl groups is 2. The summed E-state index contributed by atoms with van der Waals surface area (Å²) in [6.45, 7) is 4.13. The molecule has 3 nitrogen and oxygen atoms in total. The third kappa shape index (κ3) is 1.94. The quantitative estimate of drug-likeness (QED) is 0.527. The molecule has 10 heavy (non-hydrogen) atoms. The normalized spacial score (nSPS) is 21.6. The molecule has 1 saturated carbocycles. The van der Waals surface area contributed by atoms with Gasteiger partial charge in [0.05, 0.1) is 6.61 Å². The summed E-state index contributed by atoms with van der Waals surface area (Å²) in [5, 5.41) is 17.6. The first-order valence-corrected chi connectivity index (χ1v) is 3.63. The van der Waals surface area contributed by atoms with Gasteiger partial charge in [-0.05, 0) is 19.8 Å². The summed E-state index contributed by atoms with van der Waals surface area (Å²) in [6, 6.07) is 0.472. The molecule has 0 bridgehead atoms. The van der Waals surface area contributed by atoms with E-state index in [1.54, 1.807) is 0 Å². The van der Waals surface area contributed by atoms with Crippen molar-refractivity contribution in [1.29, 1.82) is 0 Å². The lowest BCUT2D eigenvalue weighted by molar-refractivity contribution is 0.0213. The van der Waals surface area contributed by atoms with Crippen LogP contribution in [0, 0.1) is 6.92 Å². The summed E-state index contributed by atoms with van der Waals surface area (Å²) in [4.78, 5) is 1.82. The van der Waals surface area contributed by atoms with Crippen molar-refractivity contribution in [3.05, 3.63) is 6.92 Å². The maximum atomic E-state index is 9.06. The van der Waals surface area contributed by atoms with Crippen LogP contribution in [0.3, 0.4) is 0 Å². The van der Waals surface area contributed by atoms with E-state index in [4.69, 9.17) is 10.2 Å². The van der Waals surface area contributed by atoms with Gasteiger partial charge < -0.3 is 10.2 Å². The molecule has 0 aromatic rings. The molecule has 3 heteroatoms. The van der Waals surface area contributed by atoms with Crippen molar-refractivity contribution in [2.24, 2.45) is 0 Å². The zero-order valence-electron chi connectivity index (χ0n) is 6.03. The Morgan fingerprint density at radius 3 is 2.50 bits per heavy atom. The molecule has 1 unspecified atom stereocenters. The van der Waals surface area contributed by atoms with Gasteiger partial charge in [-0.15, -0.1) is 0 Å². The Morgan fingerprint density at radius 2 is 2.20 bits per heavy atom. The number of hydrogen-bond acceptors (Lipinski definition) is 3. The molecule has 1 fully saturated rings. The van der Waals surface area contributed by atoms with Crippen LogP contribution in [-0.2, 0) is 0 Å². The summed E-state index contributed by atoms with van der Waals surface area (Å²) in [6.07, 6.45) is 1.61. The topological polar surface area (TPSA) is 43.7 Å². The van der Waals surface area contributed by atoms with E-state index in [9.17, 15) is 0 Å². The SMILES string of the molecule is [CH2]C(O)N(CCO)C1CC1. The van der Waals surface area contributed by atoms with Crippen LogP contribution >= 0.6 is 0 Å². The number of rotatable bonds is 4. The fourth-order valence-electron chi connectivity index (χ4n) is 1.10. The molecule has 1 aliphatic carbocycles. The van der Waals surface area contributed by atoms with Gasteiger partial charge in [-0.2, -0.15) is 0 Å². The van der Waals surface area contributed by atoms with Gasteiger partial charge >= 0.3 is 0 Å². The molecule has 0 aromatic carbocycles. The van der Waals surface area contributed by atoms with E-state index in [1.807, 2.05) is 4.90 Å². The van der Waals surface area contributed by atoms with Crippen LogP contribution in [0.25, 0.3) is 0 Å². The van der Waals surface area contributed by atoms with Crippen LogP contribution in [0.15, 0.2) is 0 Å². The second kappa shape index (κ2) is 3.32. The molecule has 1 atom stereocenters. The molecule has 1 rings (SSSR count). The smallest absolute Gasteiger partial charge is 0.107 e. The fourth-order valence-corrected chi connectivity index (χ4v) is 1.10. The summed E-state index contributed by atoms with van der Waals surface area (Å²) >= 11 is 0. The Labute approximate surface area is 61.3 Å². The first-order valence-electron chi connectivity index (χ1n) is 3.63. The molecular formula is C7H14NO2. The van der Waals surface area contributed by atoms with Gasteiger partial charge in [0.25, 0.3) is 0 Å². The number of nitrogens with zero attached hydrogens (tertiary/aromatic N) is 1. The van der Waals surface area contributed by atoms with Crippen LogP contribution in [0.4, 0.5) is 0 Å².